The molecule has 5 fully saturated rings. The molecule has 0 aromatic carbocycles. The van der Waals surface area contributed by atoms with E-state index >= 15 is 0 Å². The number of aliphatic hydroxyl groups is 1. The first-order valence-corrected chi connectivity index (χ1v) is 16.5. The van der Waals surface area contributed by atoms with Crippen molar-refractivity contribution < 1.29 is 19.5 Å². The minimum atomic E-state index is -0.779. The molecule has 0 aromatic heterocycles. The summed E-state index contributed by atoms with van der Waals surface area (Å²) >= 11 is 0. The van der Waals surface area contributed by atoms with Crippen molar-refractivity contribution in [3.05, 3.63) is 11.1 Å². The summed E-state index contributed by atoms with van der Waals surface area (Å²) in [5, 5.41) is 11.0. The Kier molecular flexibility index (Phi) is 6.56. The molecule has 6 nitrogen and oxygen atoms in total. The molecule has 8 atom stereocenters. The molecule has 0 aromatic rings. The van der Waals surface area contributed by atoms with Crippen LogP contribution < -0.4 is 0 Å². The summed E-state index contributed by atoms with van der Waals surface area (Å²) in [7, 11) is 1.80. The first-order valence-electron chi connectivity index (χ1n) is 16.5. The number of hydrogen-bond donors (Lipinski definition) is 1. The number of aliphatic hydroxyl groups excluding tert-OH is 1. The SMILES string of the molecule is CC(C)C1=C2[C@H]3CC[C@@H]4[C@@]5(C)CC[C@H](O)C(C)(C)[C@@H]5CC[C@@]4(C)[C@]3(C)CC[C@@]2(C(=O)N2CCN(C)C(=O)C2)CC1=O. The number of allylic oxidation sites excluding steroid dienone is 1. The molecule has 2 amide bonds. The fourth-order valence-corrected chi connectivity index (χ4v) is 12.1. The second-order valence-electron chi connectivity index (χ2n) is 16.7. The summed E-state index contributed by atoms with van der Waals surface area (Å²) < 4.78 is 0. The normalized spacial score (nSPS) is 45.8. The largest absolute Gasteiger partial charge is 0.393 e. The molecular formula is C35H54N2O4. The van der Waals surface area contributed by atoms with Crippen molar-refractivity contribution in [2.75, 3.05) is 26.7 Å². The van der Waals surface area contributed by atoms with Gasteiger partial charge in [-0.25, -0.2) is 0 Å². The molecule has 1 N–H and O–H groups in total. The molecule has 1 saturated heterocycles. The summed E-state index contributed by atoms with van der Waals surface area (Å²) in [6.07, 6.45) is 8.11. The zero-order valence-corrected chi connectivity index (χ0v) is 26.9. The van der Waals surface area contributed by atoms with Crippen LogP contribution in [0.25, 0.3) is 0 Å². The van der Waals surface area contributed by atoms with Gasteiger partial charge in [-0.3, -0.25) is 14.4 Å². The van der Waals surface area contributed by atoms with Crippen molar-refractivity contribution in [2.24, 2.45) is 50.7 Å². The monoisotopic (exact) mass is 566 g/mol. The van der Waals surface area contributed by atoms with E-state index in [1.54, 1.807) is 16.8 Å². The van der Waals surface area contributed by atoms with E-state index in [1.165, 1.54) is 5.57 Å². The summed E-state index contributed by atoms with van der Waals surface area (Å²) in [5.74, 6) is 1.57. The van der Waals surface area contributed by atoms with E-state index in [2.05, 4.69) is 48.5 Å². The van der Waals surface area contributed by atoms with Gasteiger partial charge >= 0.3 is 0 Å². The molecular weight excluding hydrogens is 512 g/mol. The predicted octanol–water partition coefficient (Wildman–Crippen LogP) is 5.63. The average Bonchev–Trinajstić information content (AvgIpc) is 3.21. The van der Waals surface area contributed by atoms with Gasteiger partial charge in [0.25, 0.3) is 0 Å². The highest BCUT2D eigenvalue weighted by Gasteiger charge is 2.71. The van der Waals surface area contributed by atoms with Gasteiger partial charge < -0.3 is 14.9 Å². The molecule has 0 bridgehead atoms. The first-order chi connectivity index (χ1) is 19.0. The van der Waals surface area contributed by atoms with E-state index in [0.717, 1.165) is 50.5 Å². The van der Waals surface area contributed by atoms with E-state index in [9.17, 15) is 19.5 Å². The third-order valence-corrected chi connectivity index (χ3v) is 14.6. The van der Waals surface area contributed by atoms with Gasteiger partial charge in [0.1, 0.15) is 0 Å². The quantitative estimate of drug-likeness (QED) is 0.470. The van der Waals surface area contributed by atoms with Crippen LogP contribution in [0.15, 0.2) is 11.1 Å². The van der Waals surface area contributed by atoms with Crippen molar-refractivity contribution in [1.29, 1.82) is 0 Å². The Balaban J connectivity index is 1.42. The van der Waals surface area contributed by atoms with Gasteiger partial charge in [0.15, 0.2) is 5.78 Å². The van der Waals surface area contributed by atoms with Crippen molar-refractivity contribution in [1.82, 2.24) is 9.80 Å². The molecule has 6 aliphatic rings. The van der Waals surface area contributed by atoms with Gasteiger partial charge in [-0.15, -0.1) is 0 Å². The second kappa shape index (κ2) is 9.16. The Morgan fingerprint density at radius 3 is 2.24 bits per heavy atom. The third-order valence-electron chi connectivity index (χ3n) is 14.6. The fraction of sp³-hybridized carbons (Fsp3) is 0.857. The smallest absolute Gasteiger partial charge is 0.241 e. The summed E-state index contributed by atoms with van der Waals surface area (Å²) in [5.41, 5.74) is 1.55. The number of Topliss-reactive ketones (excluding diaryl/α,β-unsaturated/α-hetero) is 1. The van der Waals surface area contributed by atoms with Gasteiger partial charge in [-0.05, 0) is 108 Å². The standard InChI is InChI=1S/C35H54N2O4/c1-21(2)28-23(38)19-35(30(41)37-18-17-36(8)27(40)20-37)16-15-33(6)22(29(28)35)9-10-25-32(5)13-12-26(39)31(3,4)24(32)11-14-34(25,33)7/h21-22,24-26,39H,9-20H2,1-8H3/t22-,24+,25-,26+,32+,33-,34-,35-/m1/s1. The third kappa shape index (κ3) is 3.67. The Bertz CT molecular complexity index is 1200. The number of fused-ring (bicyclic) bond motifs is 7. The minimum absolute atomic E-state index is 0.00586. The highest BCUT2D eigenvalue weighted by Crippen LogP contribution is 2.76. The molecule has 228 valence electrons. The molecule has 41 heavy (non-hydrogen) atoms. The van der Waals surface area contributed by atoms with Gasteiger partial charge in [-0.2, -0.15) is 0 Å². The molecule has 6 heteroatoms. The maximum Gasteiger partial charge on any atom is 0.241 e. The maximum absolute atomic E-state index is 14.6. The number of hydrogen-bond acceptors (Lipinski definition) is 4. The lowest BCUT2D eigenvalue weighted by Crippen LogP contribution is -2.66. The van der Waals surface area contributed by atoms with Crippen molar-refractivity contribution in [2.45, 2.75) is 112 Å². The number of amides is 2. The molecule has 0 spiro atoms. The molecule has 5 aliphatic carbocycles. The highest BCUT2D eigenvalue weighted by molar-refractivity contribution is 6.07. The van der Waals surface area contributed by atoms with Crippen molar-refractivity contribution >= 4 is 17.6 Å². The number of carbonyl (C=O) groups is 3. The Labute approximate surface area is 247 Å². The number of carbonyl (C=O) groups excluding carboxylic acids is 3. The van der Waals surface area contributed by atoms with Crippen LogP contribution in [-0.4, -0.2) is 65.3 Å². The predicted molar refractivity (Wildman–Crippen MR) is 160 cm³/mol. The van der Waals surface area contributed by atoms with E-state index < -0.39 is 5.41 Å². The number of likely N-dealkylation sites (N-methyl/N-ethyl adjacent to an activating group) is 1. The van der Waals surface area contributed by atoms with Crippen LogP contribution in [0.4, 0.5) is 0 Å². The Morgan fingerprint density at radius 2 is 1.59 bits per heavy atom. The van der Waals surface area contributed by atoms with E-state index in [4.69, 9.17) is 0 Å². The Morgan fingerprint density at radius 1 is 0.878 bits per heavy atom. The van der Waals surface area contributed by atoms with Crippen LogP contribution in [-0.2, 0) is 14.4 Å². The maximum atomic E-state index is 14.6. The van der Waals surface area contributed by atoms with Gasteiger partial charge in [-0.1, -0.05) is 48.5 Å². The number of piperazine rings is 1. The molecule has 1 aliphatic heterocycles. The van der Waals surface area contributed by atoms with Gasteiger partial charge in [0.05, 0.1) is 18.1 Å². The summed E-state index contributed by atoms with van der Waals surface area (Å²) in [4.78, 5) is 44.5. The van der Waals surface area contributed by atoms with Crippen molar-refractivity contribution in [3.8, 4) is 0 Å². The topological polar surface area (TPSA) is 77.9 Å². The van der Waals surface area contributed by atoms with Gasteiger partial charge in [0, 0.05) is 26.6 Å². The summed E-state index contributed by atoms with van der Waals surface area (Å²) in [6.45, 7) is 17.7. The number of rotatable bonds is 2. The zero-order valence-electron chi connectivity index (χ0n) is 26.9. The fourth-order valence-electron chi connectivity index (χ4n) is 12.1. The molecule has 4 saturated carbocycles. The second-order valence-corrected chi connectivity index (χ2v) is 16.7. The van der Waals surface area contributed by atoms with Crippen LogP contribution in [0.3, 0.4) is 0 Å². The minimum Gasteiger partial charge on any atom is -0.393 e. The van der Waals surface area contributed by atoms with E-state index in [-0.39, 0.29) is 70.2 Å². The molecule has 0 unspecified atom stereocenters. The lowest BCUT2D eigenvalue weighted by Gasteiger charge is -2.72. The molecule has 1 heterocycles. The first kappa shape index (κ1) is 29.4. The summed E-state index contributed by atoms with van der Waals surface area (Å²) in [6, 6.07) is 0. The van der Waals surface area contributed by atoms with Crippen molar-refractivity contribution in [3.63, 3.8) is 0 Å². The van der Waals surface area contributed by atoms with Crippen LogP contribution >= 0.6 is 0 Å². The van der Waals surface area contributed by atoms with E-state index in [0.29, 0.717) is 31.3 Å². The van der Waals surface area contributed by atoms with Crippen LogP contribution in [0, 0.1) is 50.7 Å². The van der Waals surface area contributed by atoms with Gasteiger partial charge in [0.2, 0.25) is 11.8 Å². The zero-order chi connectivity index (χ0) is 29.9. The van der Waals surface area contributed by atoms with Crippen LogP contribution in [0.1, 0.15) is 106 Å². The number of ketones is 1. The lowest BCUT2D eigenvalue weighted by atomic mass is 9.33. The highest BCUT2D eigenvalue weighted by atomic mass is 16.3. The average molecular weight is 567 g/mol. The van der Waals surface area contributed by atoms with Crippen LogP contribution in [0.5, 0.6) is 0 Å². The van der Waals surface area contributed by atoms with Crippen LogP contribution in [0.2, 0.25) is 0 Å². The van der Waals surface area contributed by atoms with E-state index in [1.807, 2.05) is 0 Å². The Hall–Kier alpha value is -1.69. The molecule has 6 rings (SSSR count). The lowest BCUT2D eigenvalue weighted by molar-refractivity contribution is -0.228. The molecule has 0 radical (unpaired) electrons. The number of nitrogens with zero attached hydrogens (tertiary/aromatic N) is 2.